The zero-order valence-electron chi connectivity index (χ0n) is 14.0. The topological polar surface area (TPSA) is 66.8 Å². The fourth-order valence-corrected chi connectivity index (χ4v) is 2.82. The molecule has 1 aliphatic rings. The molecule has 0 saturated carbocycles. The molecular weight excluding hydrogens is 339 g/mol. The number of benzene rings is 1. The summed E-state index contributed by atoms with van der Waals surface area (Å²) in [5.41, 5.74) is -1.000. The van der Waals surface area contributed by atoms with Crippen LogP contribution in [0.5, 0.6) is 5.75 Å². The second-order valence-electron chi connectivity index (χ2n) is 6.32. The molecule has 1 fully saturated rings. The molecule has 0 aromatic heterocycles. The van der Waals surface area contributed by atoms with E-state index in [0.717, 1.165) is 16.0 Å². The van der Waals surface area contributed by atoms with Crippen molar-refractivity contribution >= 4 is 11.9 Å². The number of alkyl halides is 3. The van der Waals surface area contributed by atoms with E-state index in [2.05, 4.69) is 0 Å². The Morgan fingerprint density at radius 3 is 2.56 bits per heavy atom. The summed E-state index contributed by atoms with van der Waals surface area (Å²) in [5, 5.41) is 9.00. The Labute approximate surface area is 143 Å². The Balaban J connectivity index is 1.94. The first kappa shape index (κ1) is 19.1. The molecule has 1 aliphatic heterocycles. The van der Waals surface area contributed by atoms with E-state index in [0.29, 0.717) is 5.75 Å². The number of aliphatic carboxylic acids is 1. The minimum Gasteiger partial charge on any atom is -0.493 e. The van der Waals surface area contributed by atoms with Gasteiger partial charge in [-0.3, -0.25) is 9.59 Å². The van der Waals surface area contributed by atoms with Gasteiger partial charge in [-0.05, 0) is 37.5 Å². The van der Waals surface area contributed by atoms with E-state index in [9.17, 15) is 22.8 Å². The van der Waals surface area contributed by atoms with E-state index >= 15 is 0 Å². The lowest BCUT2D eigenvalue weighted by molar-refractivity contribution is -0.227. The predicted octanol–water partition coefficient (Wildman–Crippen LogP) is 2.94. The molecule has 1 aromatic rings. The van der Waals surface area contributed by atoms with Gasteiger partial charge in [0.1, 0.15) is 5.75 Å². The van der Waals surface area contributed by atoms with Gasteiger partial charge in [-0.1, -0.05) is 12.1 Å². The average molecular weight is 359 g/mol. The molecule has 1 N–H and O–H groups in total. The van der Waals surface area contributed by atoms with Crippen LogP contribution in [0.15, 0.2) is 18.2 Å². The summed E-state index contributed by atoms with van der Waals surface area (Å²) in [6, 6.07) is 5.60. The standard InChI is InChI=1S/C17H20F3NO4/c1-11-3-4-12(2)13(9-11)25-8-5-14(22)21-7-6-16(10-21,15(23)24)17(18,19)20/h3-4,9H,5-8,10H2,1-2H3,(H,23,24). The first-order chi connectivity index (χ1) is 11.6. The number of carbonyl (C=O) groups is 2. The third-order valence-electron chi connectivity index (χ3n) is 4.49. The quantitative estimate of drug-likeness (QED) is 0.878. The van der Waals surface area contributed by atoms with Gasteiger partial charge in [-0.2, -0.15) is 13.2 Å². The predicted molar refractivity (Wildman–Crippen MR) is 83.3 cm³/mol. The van der Waals surface area contributed by atoms with Crippen LogP contribution >= 0.6 is 0 Å². The molecule has 1 saturated heterocycles. The number of carboxylic acids is 1. The highest BCUT2D eigenvalue weighted by atomic mass is 19.4. The molecule has 0 aliphatic carbocycles. The van der Waals surface area contributed by atoms with Crippen LogP contribution in [-0.2, 0) is 9.59 Å². The summed E-state index contributed by atoms with van der Waals surface area (Å²) < 4.78 is 44.9. The van der Waals surface area contributed by atoms with Crippen LogP contribution in [0.4, 0.5) is 13.2 Å². The normalized spacial score (nSPS) is 20.6. The van der Waals surface area contributed by atoms with Crippen LogP contribution in [-0.4, -0.2) is 47.8 Å². The van der Waals surface area contributed by atoms with Gasteiger partial charge in [-0.15, -0.1) is 0 Å². The third-order valence-corrected chi connectivity index (χ3v) is 4.49. The fraction of sp³-hybridized carbons (Fsp3) is 0.529. The van der Waals surface area contributed by atoms with Gasteiger partial charge in [0.2, 0.25) is 5.91 Å². The third kappa shape index (κ3) is 3.88. The lowest BCUT2D eigenvalue weighted by atomic mass is 9.86. The summed E-state index contributed by atoms with van der Waals surface area (Å²) >= 11 is 0. The van der Waals surface area contributed by atoms with Crippen molar-refractivity contribution in [2.75, 3.05) is 19.7 Å². The molecule has 0 radical (unpaired) electrons. The van der Waals surface area contributed by atoms with Gasteiger partial charge in [0.15, 0.2) is 5.41 Å². The van der Waals surface area contributed by atoms with Crippen molar-refractivity contribution in [2.45, 2.75) is 32.9 Å². The van der Waals surface area contributed by atoms with E-state index in [1.165, 1.54) is 0 Å². The molecule has 1 atom stereocenters. The number of ether oxygens (including phenoxy) is 1. The fourth-order valence-electron chi connectivity index (χ4n) is 2.82. The van der Waals surface area contributed by atoms with E-state index in [1.54, 1.807) is 0 Å². The summed E-state index contributed by atoms with van der Waals surface area (Å²) in [5.74, 6) is -1.87. The van der Waals surface area contributed by atoms with Gasteiger partial charge in [0.25, 0.3) is 0 Å². The number of hydrogen-bond acceptors (Lipinski definition) is 3. The Hall–Kier alpha value is -2.25. The minimum absolute atomic E-state index is 0.0196. The number of aryl methyl sites for hydroxylation is 2. The van der Waals surface area contributed by atoms with Gasteiger partial charge in [-0.25, -0.2) is 0 Å². The molecule has 2 rings (SSSR count). The van der Waals surface area contributed by atoms with Crippen LogP contribution in [0.1, 0.15) is 24.0 Å². The maximum Gasteiger partial charge on any atom is 0.406 e. The van der Waals surface area contributed by atoms with E-state index in [1.807, 2.05) is 32.0 Å². The Kier molecular flexibility index (Phi) is 5.29. The van der Waals surface area contributed by atoms with Crippen LogP contribution in [0.3, 0.4) is 0 Å². The molecule has 25 heavy (non-hydrogen) atoms. The average Bonchev–Trinajstić information content (AvgIpc) is 2.97. The first-order valence-corrected chi connectivity index (χ1v) is 7.85. The number of carboxylic acid groups (broad SMARTS) is 1. The SMILES string of the molecule is Cc1ccc(C)c(OCCC(=O)N2CCC(C(=O)O)(C(F)(F)F)C2)c1. The maximum absolute atomic E-state index is 13.1. The van der Waals surface area contributed by atoms with Gasteiger partial charge < -0.3 is 14.7 Å². The summed E-state index contributed by atoms with van der Waals surface area (Å²) in [7, 11) is 0. The van der Waals surface area contributed by atoms with Crippen molar-refractivity contribution in [1.29, 1.82) is 0 Å². The summed E-state index contributed by atoms with van der Waals surface area (Å²) in [4.78, 5) is 24.2. The maximum atomic E-state index is 13.1. The molecule has 8 heteroatoms. The van der Waals surface area contributed by atoms with Crippen LogP contribution < -0.4 is 4.74 Å². The Bertz CT molecular complexity index is 674. The number of hydrogen-bond donors (Lipinski definition) is 1. The van der Waals surface area contributed by atoms with Crippen molar-refractivity contribution < 1.29 is 32.6 Å². The Morgan fingerprint density at radius 2 is 2.00 bits per heavy atom. The second kappa shape index (κ2) is 6.93. The Morgan fingerprint density at radius 1 is 1.32 bits per heavy atom. The number of carbonyl (C=O) groups excluding carboxylic acids is 1. The van der Waals surface area contributed by atoms with Gasteiger partial charge in [0.05, 0.1) is 13.0 Å². The zero-order chi connectivity index (χ0) is 18.8. The number of amides is 1. The molecule has 5 nitrogen and oxygen atoms in total. The number of likely N-dealkylation sites (tertiary alicyclic amines) is 1. The van der Waals surface area contributed by atoms with Gasteiger partial charge >= 0.3 is 12.1 Å². The van der Waals surface area contributed by atoms with Crippen molar-refractivity contribution in [3.05, 3.63) is 29.3 Å². The number of halogens is 3. The van der Waals surface area contributed by atoms with Crippen molar-refractivity contribution in [3.63, 3.8) is 0 Å². The highest BCUT2D eigenvalue weighted by Gasteiger charge is 2.64. The van der Waals surface area contributed by atoms with Crippen molar-refractivity contribution in [3.8, 4) is 5.75 Å². The van der Waals surface area contributed by atoms with E-state index in [-0.39, 0.29) is 19.6 Å². The monoisotopic (exact) mass is 359 g/mol. The minimum atomic E-state index is -4.90. The van der Waals surface area contributed by atoms with E-state index in [4.69, 9.17) is 9.84 Å². The number of nitrogens with zero attached hydrogens (tertiary/aromatic N) is 1. The van der Waals surface area contributed by atoms with Crippen LogP contribution in [0.25, 0.3) is 0 Å². The highest BCUT2D eigenvalue weighted by molar-refractivity contribution is 5.81. The smallest absolute Gasteiger partial charge is 0.406 e. The summed E-state index contributed by atoms with van der Waals surface area (Å²) in [6.07, 6.45) is -5.64. The van der Waals surface area contributed by atoms with Crippen LogP contribution in [0, 0.1) is 19.3 Å². The largest absolute Gasteiger partial charge is 0.493 e. The molecule has 1 unspecified atom stereocenters. The molecule has 0 bridgehead atoms. The molecule has 138 valence electrons. The highest BCUT2D eigenvalue weighted by Crippen LogP contribution is 2.45. The molecular formula is C17H20F3NO4. The first-order valence-electron chi connectivity index (χ1n) is 7.85. The lowest BCUT2D eigenvalue weighted by Crippen LogP contribution is -2.47. The molecule has 1 amide bonds. The number of rotatable bonds is 5. The zero-order valence-corrected chi connectivity index (χ0v) is 14.0. The summed E-state index contributed by atoms with van der Waals surface area (Å²) in [6.45, 7) is 2.68. The lowest BCUT2D eigenvalue weighted by Gasteiger charge is -2.27. The molecule has 1 heterocycles. The second-order valence-corrected chi connectivity index (χ2v) is 6.32. The molecule has 0 spiro atoms. The van der Waals surface area contributed by atoms with Gasteiger partial charge in [0, 0.05) is 13.1 Å². The van der Waals surface area contributed by atoms with Crippen LogP contribution in [0.2, 0.25) is 0 Å². The van der Waals surface area contributed by atoms with E-state index < -0.39 is 36.4 Å². The van der Waals surface area contributed by atoms with Crippen molar-refractivity contribution in [2.24, 2.45) is 5.41 Å². The van der Waals surface area contributed by atoms with Crippen molar-refractivity contribution in [1.82, 2.24) is 4.90 Å². The molecule has 1 aromatic carbocycles.